The van der Waals surface area contributed by atoms with Gasteiger partial charge in [-0.2, -0.15) is 0 Å². The van der Waals surface area contributed by atoms with E-state index < -0.39 is 12.0 Å². The van der Waals surface area contributed by atoms with Crippen molar-refractivity contribution in [3.63, 3.8) is 0 Å². The molecule has 0 fully saturated rings. The van der Waals surface area contributed by atoms with E-state index in [0.29, 0.717) is 5.75 Å². The van der Waals surface area contributed by atoms with Crippen molar-refractivity contribution < 1.29 is 19.1 Å². The lowest BCUT2D eigenvalue weighted by Gasteiger charge is -2.21. The summed E-state index contributed by atoms with van der Waals surface area (Å²) in [5.41, 5.74) is 0. The molecule has 21 heavy (non-hydrogen) atoms. The Morgan fingerprint density at radius 1 is 1.29 bits per heavy atom. The summed E-state index contributed by atoms with van der Waals surface area (Å²) in [5.74, 6) is -0.212. The van der Waals surface area contributed by atoms with Crippen molar-refractivity contribution in [3.05, 3.63) is 28.7 Å². The van der Waals surface area contributed by atoms with E-state index in [1.54, 1.807) is 12.1 Å². The Bertz CT molecular complexity index is 475. The smallest absolute Gasteiger partial charge is 0.328 e. The van der Waals surface area contributed by atoms with Gasteiger partial charge in [-0.3, -0.25) is 4.79 Å². The lowest BCUT2D eigenvalue weighted by atomic mass is 9.99. The van der Waals surface area contributed by atoms with E-state index in [2.05, 4.69) is 21.2 Å². The van der Waals surface area contributed by atoms with Crippen LogP contribution in [0.15, 0.2) is 28.7 Å². The molecule has 2 atom stereocenters. The van der Waals surface area contributed by atoms with E-state index in [0.717, 1.165) is 10.9 Å². The van der Waals surface area contributed by atoms with Gasteiger partial charge in [0.2, 0.25) is 0 Å². The van der Waals surface area contributed by atoms with Crippen LogP contribution in [0.4, 0.5) is 0 Å². The number of halogens is 1. The van der Waals surface area contributed by atoms with E-state index in [1.165, 1.54) is 7.11 Å². The molecule has 0 bridgehead atoms. The molecule has 5 nitrogen and oxygen atoms in total. The van der Waals surface area contributed by atoms with Gasteiger partial charge in [0.05, 0.1) is 7.11 Å². The highest BCUT2D eigenvalue weighted by molar-refractivity contribution is 9.10. The number of hydrogen-bond acceptors (Lipinski definition) is 4. The zero-order valence-electron chi connectivity index (χ0n) is 12.4. The van der Waals surface area contributed by atoms with Crippen LogP contribution in [0.3, 0.4) is 0 Å². The number of hydrogen-bond donors (Lipinski definition) is 1. The van der Waals surface area contributed by atoms with E-state index in [-0.39, 0.29) is 18.4 Å². The van der Waals surface area contributed by atoms with Crippen LogP contribution in [-0.2, 0) is 14.3 Å². The Balaban J connectivity index is 2.53. The Kier molecular flexibility index (Phi) is 7.22. The standard InChI is InChI=1S/C15H20BrNO4/c1-4-10(2)14(15(19)20-3)17-13(18)9-21-12-7-5-11(16)6-8-12/h5-8,10,14H,4,9H2,1-3H3,(H,17,18)/t10-,14+/m0/s1. The van der Waals surface area contributed by atoms with Gasteiger partial charge in [0.15, 0.2) is 6.61 Å². The van der Waals surface area contributed by atoms with Crippen LogP contribution in [0.5, 0.6) is 5.75 Å². The molecule has 0 spiro atoms. The van der Waals surface area contributed by atoms with Crippen LogP contribution in [0, 0.1) is 5.92 Å². The molecule has 0 unspecified atom stereocenters. The zero-order chi connectivity index (χ0) is 15.8. The molecule has 1 aromatic carbocycles. The molecular weight excluding hydrogens is 338 g/mol. The number of ether oxygens (including phenoxy) is 2. The van der Waals surface area contributed by atoms with E-state index in [4.69, 9.17) is 9.47 Å². The van der Waals surface area contributed by atoms with Crippen molar-refractivity contribution in [1.82, 2.24) is 5.32 Å². The molecule has 1 N–H and O–H groups in total. The van der Waals surface area contributed by atoms with Crippen molar-refractivity contribution in [1.29, 1.82) is 0 Å². The number of nitrogens with one attached hydrogen (secondary N) is 1. The minimum absolute atomic E-state index is 0.00548. The summed E-state index contributed by atoms with van der Waals surface area (Å²) >= 11 is 3.32. The summed E-state index contributed by atoms with van der Waals surface area (Å²) in [6, 6.07) is 6.50. The highest BCUT2D eigenvalue weighted by Crippen LogP contribution is 2.16. The third kappa shape index (κ3) is 5.75. The normalized spacial score (nSPS) is 13.1. The first-order chi connectivity index (χ1) is 9.97. The van der Waals surface area contributed by atoms with Gasteiger partial charge in [-0.25, -0.2) is 4.79 Å². The molecule has 0 saturated carbocycles. The Labute approximate surface area is 133 Å². The highest BCUT2D eigenvalue weighted by Gasteiger charge is 2.26. The maximum absolute atomic E-state index is 11.9. The van der Waals surface area contributed by atoms with Crippen LogP contribution < -0.4 is 10.1 Å². The maximum Gasteiger partial charge on any atom is 0.328 e. The number of carbonyl (C=O) groups excluding carboxylic acids is 2. The molecule has 1 rings (SSSR count). The second kappa shape index (κ2) is 8.67. The van der Waals surface area contributed by atoms with Gasteiger partial charge in [0.1, 0.15) is 11.8 Å². The van der Waals surface area contributed by atoms with Crippen molar-refractivity contribution in [2.75, 3.05) is 13.7 Å². The number of amides is 1. The topological polar surface area (TPSA) is 64.6 Å². The Morgan fingerprint density at radius 2 is 1.90 bits per heavy atom. The summed E-state index contributed by atoms with van der Waals surface area (Å²) in [7, 11) is 1.31. The fraction of sp³-hybridized carbons (Fsp3) is 0.467. The first kappa shape index (κ1) is 17.5. The predicted octanol–water partition coefficient (Wildman–Crippen LogP) is 2.53. The van der Waals surface area contributed by atoms with Crippen LogP contribution >= 0.6 is 15.9 Å². The fourth-order valence-corrected chi connectivity index (χ4v) is 1.96. The molecule has 0 aliphatic rings. The first-order valence-corrected chi connectivity index (χ1v) is 7.52. The third-order valence-electron chi connectivity index (χ3n) is 3.17. The molecule has 0 aromatic heterocycles. The van der Waals surface area contributed by atoms with Crippen LogP contribution in [0.2, 0.25) is 0 Å². The Morgan fingerprint density at radius 3 is 2.43 bits per heavy atom. The Hall–Kier alpha value is -1.56. The third-order valence-corrected chi connectivity index (χ3v) is 3.70. The summed E-state index contributed by atoms with van der Waals surface area (Å²) in [4.78, 5) is 23.6. The second-order valence-electron chi connectivity index (χ2n) is 4.70. The fourth-order valence-electron chi connectivity index (χ4n) is 1.69. The quantitative estimate of drug-likeness (QED) is 0.761. The lowest BCUT2D eigenvalue weighted by molar-refractivity contribution is -0.146. The van der Waals surface area contributed by atoms with Gasteiger partial charge in [0.25, 0.3) is 5.91 Å². The highest BCUT2D eigenvalue weighted by atomic mass is 79.9. The molecule has 0 saturated heterocycles. The van der Waals surface area contributed by atoms with Gasteiger partial charge in [-0.1, -0.05) is 36.2 Å². The minimum atomic E-state index is -0.652. The average Bonchev–Trinajstić information content (AvgIpc) is 2.50. The van der Waals surface area contributed by atoms with E-state index >= 15 is 0 Å². The summed E-state index contributed by atoms with van der Waals surface area (Å²) in [5, 5.41) is 2.65. The molecule has 0 aliphatic heterocycles. The number of rotatable bonds is 7. The van der Waals surface area contributed by atoms with Crippen molar-refractivity contribution in [2.45, 2.75) is 26.3 Å². The van der Waals surface area contributed by atoms with Gasteiger partial charge in [-0.15, -0.1) is 0 Å². The number of carbonyl (C=O) groups is 2. The van der Waals surface area contributed by atoms with Gasteiger partial charge in [-0.05, 0) is 30.2 Å². The maximum atomic E-state index is 11.9. The van der Waals surface area contributed by atoms with Crippen molar-refractivity contribution in [2.24, 2.45) is 5.92 Å². The molecule has 1 aromatic rings. The minimum Gasteiger partial charge on any atom is -0.484 e. The SMILES string of the molecule is CC[C@H](C)[C@@H](NC(=O)COc1ccc(Br)cc1)C(=O)OC. The summed E-state index contributed by atoms with van der Waals surface area (Å²) in [6.45, 7) is 3.69. The van der Waals surface area contributed by atoms with E-state index in [1.807, 2.05) is 26.0 Å². The van der Waals surface area contributed by atoms with Crippen molar-refractivity contribution >= 4 is 27.8 Å². The lowest BCUT2D eigenvalue weighted by Crippen LogP contribution is -2.47. The average molecular weight is 358 g/mol. The monoisotopic (exact) mass is 357 g/mol. The molecule has 0 heterocycles. The number of esters is 1. The molecule has 116 valence electrons. The molecular formula is C15H20BrNO4. The molecule has 1 amide bonds. The van der Waals surface area contributed by atoms with Crippen molar-refractivity contribution in [3.8, 4) is 5.75 Å². The van der Waals surface area contributed by atoms with Crippen LogP contribution in [-0.4, -0.2) is 31.6 Å². The van der Waals surface area contributed by atoms with Crippen LogP contribution in [0.25, 0.3) is 0 Å². The first-order valence-electron chi connectivity index (χ1n) is 6.73. The summed E-state index contributed by atoms with van der Waals surface area (Å²) in [6.07, 6.45) is 0.758. The largest absolute Gasteiger partial charge is 0.484 e. The van der Waals surface area contributed by atoms with Gasteiger partial charge in [0, 0.05) is 4.47 Å². The zero-order valence-corrected chi connectivity index (χ0v) is 14.0. The molecule has 6 heteroatoms. The molecule has 0 radical (unpaired) electrons. The van der Waals surface area contributed by atoms with Gasteiger partial charge >= 0.3 is 5.97 Å². The van der Waals surface area contributed by atoms with E-state index in [9.17, 15) is 9.59 Å². The van der Waals surface area contributed by atoms with Gasteiger partial charge < -0.3 is 14.8 Å². The number of benzene rings is 1. The number of methoxy groups -OCH3 is 1. The second-order valence-corrected chi connectivity index (χ2v) is 5.61. The molecule has 0 aliphatic carbocycles. The summed E-state index contributed by atoms with van der Waals surface area (Å²) < 4.78 is 11.0. The van der Waals surface area contributed by atoms with Crippen LogP contribution in [0.1, 0.15) is 20.3 Å². The predicted molar refractivity (Wildman–Crippen MR) is 83.0 cm³/mol.